The van der Waals surface area contributed by atoms with Crippen LogP contribution in [-0.4, -0.2) is 40.0 Å². The highest BCUT2D eigenvalue weighted by Gasteiger charge is 2.49. The summed E-state index contributed by atoms with van der Waals surface area (Å²) in [6.07, 6.45) is 5.87. The molecule has 3 aromatic rings. The molecule has 0 unspecified atom stereocenters. The van der Waals surface area contributed by atoms with Gasteiger partial charge in [-0.3, -0.25) is 0 Å². The predicted molar refractivity (Wildman–Crippen MR) is 131 cm³/mol. The number of anilines is 1. The van der Waals surface area contributed by atoms with Gasteiger partial charge in [0.15, 0.2) is 5.82 Å². The largest absolute Gasteiger partial charge is 0.486 e. The molecule has 1 aliphatic heterocycles. The zero-order valence-corrected chi connectivity index (χ0v) is 20.8. The number of aryl methyl sites for hydroxylation is 1. The number of aliphatic hydroxyl groups is 1. The second kappa shape index (κ2) is 9.80. The van der Waals surface area contributed by atoms with Gasteiger partial charge in [-0.1, -0.05) is 18.1 Å². The molecule has 4 rings (SSSR count). The quantitative estimate of drug-likeness (QED) is 0.323. The van der Waals surface area contributed by atoms with E-state index in [-0.39, 0.29) is 45.5 Å². The van der Waals surface area contributed by atoms with Gasteiger partial charge in [0.05, 0.1) is 24.8 Å². The Labute approximate surface area is 212 Å². The summed E-state index contributed by atoms with van der Waals surface area (Å²) in [7, 11) is 0. The maximum atomic E-state index is 15.4. The van der Waals surface area contributed by atoms with Crippen LogP contribution in [0.5, 0.6) is 5.75 Å². The first kappa shape index (κ1) is 26.6. The summed E-state index contributed by atoms with van der Waals surface area (Å²) < 4.78 is 71.5. The zero-order valence-electron chi connectivity index (χ0n) is 20.8. The maximum absolute atomic E-state index is 15.4. The number of alkyl halides is 2. The van der Waals surface area contributed by atoms with Crippen LogP contribution in [-0.2, 0) is 10.7 Å². The molecule has 2 N–H and O–H groups in total. The van der Waals surface area contributed by atoms with Crippen LogP contribution < -0.4 is 10.1 Å². The van der Waals surface area contributed by atoms with Gasteiger partial charge in [0, 0.05) is 17.4 Å². The number of terminal acetylenes is 1. The topological polar surface area (TPSA) is 76.5 Å². The molecule has 0 saturated carbocycles. The number of hydrogen-bond acceptors (Lipinski definition) is 6. The van der Waals surface area contributed by atoms with Crippen LogP contribution in [0.3, 0.4) is 0 Å². The Morgan fingerprint density at radius 2 is 1.97 bits per heavy atom. The first-order valence-corrected chi connectivity index (χ1v) is 11.7. The van der Waals surface area contributed by atoms with Crippen molar-refractivity contribution in [2.24, 2.45) is 0 Å². The van der Waals surface area contributed by atoms with Crippen molar-refractivity contribution in [3.05, 3.63) is 58.4 Å². The summed E-state index contributed by atoms with van der Waals surface area (Å²) in [5.41, 5.74) is -3.67. The molecule has 1 fully saturated rings. The third kappa shape index (κ3) is 4.93. The molecule has 1 aromatic heterocycles. The minimum atomic E-state index is -3.85. The van der Waals surface area contributed by atoms with Crippen LogP contribution in [0, 0.1) is 30.9 Å². The van der Waals surface area contributed by atoms with Crippen molar-refractivity contribution in [3.8, 4) is 18.1 Å². The number of rotatable bonds is 7. The molecule has 0 radical (unpaired) electrons. The second-order valence-corrected chi connectivity index (χ2v) is 9.54. The molecule has 0 bridgehead atoms. The Morgan fingerprint density at radius 3 is 2.59 bits per heavy atom. The lowest BCUT2D eigenvalue weighted by Crippen LogP contribution is -2.41. The molecule has 0 amide bonds. The van der Waals surface area contributed by atoms with Gasteiger partial charge in [-0.2, -0.15) is 8.78 Å². The van der Waals surface area contributed by atoms with Crippen LogP contribution in [0.4, 0.5) is 23.4 Å². The van der Waals surface area contributed by atoms with Crippen LogP contribution in [0.2, 0.25) is 0 Å². The Hall–Kier alpha value is -3.42. The number of ether oxygens (including phenoxy) is 2. The predicted octanol–water partition coefficient (Wildman–Crippen LogP) is 5.40. The molecule has 2 aromatic carbocycles. The highest BCUT2D eigenvalue weighted by atomic mass is 19.3. The number of nitrogens with zero attached hydrogens (tertiary/aromatic N) is 2. The SMILES string of the molecule is C#Cc1c(O[C@H]2CCOC2)cc2c(N[C@H](C)c3cccc(C(F)(F)C(C)(C)O)c3F)nc(C)nc2c1F. The Morgan fingerprint density at radius 1 is 1.24 bits per heavy atom. The van der Waals surface area contributed by atoms with Crippen LogP contribution in [0.15, 0.2) is 24.3 Å². The molecule has 0 aliphatic carbocycles. The van der Waals surface area contributed by atoms with E-state index in [9.17, 15) is 13.9 Å². The molecular formula is C27H27F4N3O3. The number of hydrogen-bond donors (Lipinski definition) is 2. The molecule has 2 heterocycles. The van der Waals surface area contributed by atoms with E-state index in [1.54, 1.807) is 13.8 Å². The van der Waals surface area contributed by atoms with Crippen LogP contribution in [0.25, 0.3) is 10.9 Å². The molecule has 196 valence electrons. The van der Waals surface area contributed by atoms with Gasteiger partial charge in [0.25, 0.3) is 0 Å². The van der Waals surface area contributed by atoms with E-state index in [4.69, 9.17) is 15.9 Å². The van der Waals surface area contributed by atoms with Crippen molar-refractivity contribution in [1.82, 2.24) is 9.97 Å². The smallest absolute Gasteiger partial charge is 0.303 e. The molecule has 1 aliphatic rings. The highest BCUT2D eigenvalue weighted by molar-refractivity contribution is 5.92. The Balaban J connectivity index is 1.77. The summed E-state index contributed by atoms with van der Waals surface area (Å²) >= 11 is 0. The minimum Gasteiger partial charge on any atom is -0.486 e. The van der Waals surface area contributed by atoms with E-state index in [0.29, 0.717) is 19.6 Å². The van der Waals surface area contributed by atoms with Crippen molar-refractivity contribution in [2.75, 3.05) is 18.5 Å². The number of fused-ring (bicyclic) bond motifs is 1. The Bertz CT molecular complexity index is 1380. The number of aromatic nitrogens is 2. The van der Waals surface area contributed by atoms with Crippen molar-refractivity contribution >= 4 is 16.7 Å². The van der Waals surface area contributed by atoms with Crippen molar-refractivity contribution in [2.45, 2.75) is 57.8 Å². The minimum absolute atomic E-state index is 0.0621. The van der Waals surface area contributed by atoms with E-state index in [1.807, 2.05) is 0 Å². The molecule has 37 heavy (non-hydrogen) atoms. The first-order valence-electron chi connectivity index (χ1n) is 11.7. The molecular weight excluding hydrogens is 490 g/mol. The van der Waals surface area contributed by atoms with Gasteiger partial charge in [-0.25, -0.2) is 18.7 Å². The summed E-state index contributed by atoms with van der Waals surface area (Å²) in [6, 6.07) is 4.19. The molecule has 0 spiro atoms. The first-order chi connectivity index (χ1) is 17.3. The number of benzene rings is 2. The fourth-order valence-electron chi connectivity index (χ4n) is 4.18. The maximum Gasteiger partial charge on any atom is 0.303 e. The zero-order chi connectivity index (χ0) is 27.1. The summed E-state index contributed by atoms with van der Waals surface area (Å²) in [6.45, 7) is 5.76. The fourth-order valence-corrected chi connectivity index (χ4v) is 4.18. The summed E-state index contributed by atoms with van der Waals surface area (Å²) in [4.78, 5) is 8.53. The van der Waals surface area contributed by atoms with Crippen LogP contribution >= 0.6 is 0 Å². The average molecular weight is 518 g/mol. The standard InChI is InChI=1S/C27H27F4N3O3/c1-6-17-21(37-16-10-11-36-13-16)12-19-24(23(17)29)33-15(3)34-25(19)32-14(2)18-8-7-9-20(22(18)28)27(30,31)26(4,5)35/h1,7-9,12,14,16,35H,10-11,13H2,2-5H3,(H,32,33,34)/t14-,16+/m1/s1. The summed E-state index contributed by atoms with van der Waals surface area (Å²) in [5, 5.41) is 13.1. The third-order valence-corrected chi connectivity index (χ3v) is 6.29. The van der Waals surface area contributed by atoms with Gasteiger partial charge in [0.2, 0.25) is 0 Å². The third-order valence-electron chi connectivity index (χ3n) is 6.29. The van der Waals surface area contributed by atoms with Gasteiger partial charge in [0.1, 0.15) is 46.0 Å². The number of halogens is 4. The van der Waals surface area contributed by atoms with Gasteiger partial charge in [-0.05, 0) is 39.8 Å². The van der Waals surface area contributed by atoms with Crippen molar-refractivity contribution in [1.29, 1.82) is 0 Å². The monoisotopic (exact) mass is 517 g/mol. The molecule has 10 heteroatoms. The van der Waals surface area contributed by atoms with Crippen molar-refractivity contribution in [3.63, 3.8) is 0 Å². The lowest BCUT2D eigenvalue weighted by molar-refractivity contribution is -0.170. The second-order valence-electron chi connectivity index (χ2n) is 9.54. The number of nitrogens with one attached hydrogen (secondary N) is 1. The normalized spacial score (nSPS) is 17.0. The highest BCUT2D eigenvalue weighted by Crippen LogP contribution is 2.41. The van der Waals surface area contributed by atoms with E-state index in [0.717, 1.165) is 19.9 Å². The van der Waals surface area contributed by atoms with Crippen molar-refractivity contribution < 1.29 is 32.1 Å². The lowest BCUT2D eigenvalue weighted by Gasteiger charge is -2.30. The average Bonchev–Trinajstić information content (AvgIpc) is 3.32. The van der Waals surface area contributed by atoms with E-state index >= 15 is 8.78 Å². The summed E-state index contributed by atoms with van der Waals surface area (Å²) in [5.74, 6) is -3.01. The molecule has 2 atom stereocenters. The lowest BCUT2D eigenvalue weighted by atomic mass is 9.91. The van der Waals surface area contributed by atoms with E-state index in [1.165, 1.54) is 18.2 Å². The molecule has 6 nitrogen and oxygen atoms in total. The Kier molecular flexibility index (Phi) is 7.06. The van der Waals surface area contributed by atoms with Gasteiger partial charge < -0.3 is 19.9 Å². The fraction of sp³-hybridized carbons (Fsp3) is 0.407. The van der Waals surface area contributed by atoms with E-state index < -0.39 is 34.8 Å². The van der Waals surface area contributed by atoms with Crippen LogP contribution in [0.1, 0.15) is 55.7 Å². The van der Waals surface area contributed by atoms with Gasteiger partial charge >= 0.3 is 5.92 Å². The van der Waals surface area contributed by atoms with Gasteiger partial charge in [-0.15, -0.1) is 6.42 Å². The molecule has 1 saturated heterocycles. The van der Waals surface area contributed by atoms with E-state index in [2.05, 4.69) is 21.2 Å².